The van der Waals surface area contributed by atoms with E-state index in [4.69, 9.17) is 11.6 Å². The summed E-state index contributed by atoms with van der Waals surface area (Å²) in [7, 11) is 0. The van der Waals surface area contributed by atoms with Gasteiger partial charge in [0.1, 0.15) is 5.82 Å². The molecule has 1 aromatic heterocycles. The number of rotatable bonds is 3. The Bertz CT molecular complexity index is 844. The number of hydrogen-bond acceptors (Lipinski definition) is 1. The topological polar surface area (TPSA) is 17.8 Å². The molecule has 0 radical (unpaired) electrons. The van der Waals surface area contributed by atoms with Crippen molar-refractivity contribution in [1.29, 1.82) is 0 Å². The quantitative estimate of drug-likeness (QED) is 0.630. The molecule has 0 spiro atoms. The Balaban J connectivity index is 2.23. The third-order valence-electron chi connectivity index (χ3n) is 3.79. The van der Waals surface area contributed by atoms with Crippen LogP contribution in [0.25, 0.3) is 11.3 Å². The van der Waals surface area contributed by atoms with Crippen molar-refractivity contribution < 1.29 is 4.39 Å². The van der Waals surface area contributed by atoms with Crippen LogP contribution in [-0.4, -0.2) is 17.7 Å². The van der Waals surface area contributed by atoms with Crippen LogP contribution in [0.4, 0.5) is 4.39 Å². The highest BCUT2D eigenvalue weighted by Crippen LogP contribution is 2.41. The lowest BCUT2D eigenvalue weighted by atomic mass is 10.1. The molecule has 0 bridgehead atoms. The van der Waals surface area contributed by atoms with Gasteiger partial charge in [0.05, 0.1) is 21.9 Å². The highest BCUT2D eigenvalue weighted by atomic mass is 127. The van der Waals surface area contributed by atoms with Crippen molar-refractivity contribution in [3.05, 3.63) is 51.2 Å². The molecule has 0 N–H and O–H groups in total. The fourth-order valence-corrected chi connectivity index (χ4v) is 7.92. The van der Waals surface area contributed by atoms with Gasteiger partial charge in [-0.2, -0.15) is 0 Å². The van der Waals surface area contributed by atoms with Gasteiger partial charge < -0.3 is 0 Å². The molecule has 1 aliphatic heterocycles. The van der Waals surface area contributed by atoms with Gasteiger partial charge in [-0.1, -0.05) is 35.2 Å². The zero-order chi connectivity index (χ0) is 15.9. The number of nitrogens with zero attached hydrogens (tertiary/aromatic N) is 2. The summed E-state index contributed by atoms with van der Waals surface area (Å²) < 4.78 is 23.1. The molecule has 2 aromatic rings. The fraction of sp³-hybridized carbons (Fsp3) is 0.235. The zero-order valence-corrected chi connectivity index (χ0v) is 15.4. The van der Waals surface area contributed by atoms with Gasteiger partial charge >= 0.3 is 0 Å². The van der Waals surface area contributed by atoms with Crippen molar-refractivity contribution in [2.75, 3.05) is 0 Å². The van der Waals surface area contributed by atoms with Gasteiger partial charge in [0, 0.05) is 20.1 Å². The van der Waals surface area contributed by atoms with Crippen LogP contribution in [0.3, 0.4) is 0 Å². The minimum Gasteiger partial charge on any atom is -0.297 e. The summed E-state index contributed by atoms with van der Waals surface area (Å²) in [4.78, 5) is 4.24. The zero-order valence-electron chi connectivity index (χ0n) is 12.5. The predicted octanol–water partition coefficient (Wildman–Crippen LogP) is 4.96. The van der Waals surface area contributed by atoms with E-state index in [0.29, 0.717) is 5.56 Å². The smallest absolute Gasteiger partial charge is 0.133 e. The van der Waals surface area contributed by atoms with E-state index < -0.39 is 18.9 Å². The van der Waals surface area contributed by atoms with Gasteiger partial charge in [-0.15, -0.1) is 18.9 Å². The minimum absolute atomic E-state index is 0.191. The minimum atomic E-state index is -1.90. The summed E-state index contributed by atoms with van der Waals surface area (Å²) >= 11 is 4.31. The normalized spacial score (nSPS) is 16.4. The summed E-state index contributed by atoms with van der Waals surface area (Å²) in [5.41, 5.74) is 1.50. The van der Waals surface area contributed by atoms with E-state index in [1.54, 1.807) is 18.6 Å². The molecule has 1 unspecified atom stereocenters. The molecule has 5 heteroatoms. The van der Waals surface area contributed by atoms with Crippen LogP contribution in [0.15, 0.2) is 41.8 Å². The molecule has 116 valence electrons. The van der Waals surface area contributed by atoms with Crippen LogP contribution >= 0.6 is 30.5 Å². The number of fused-ring (bicyclic) bond motifs is 3. The van der Waals surface area contributed by atoms with Crippen LogP contribution < -0.4 is 0 Å². The van der Waals surface area contributed by atoms with Crippen molar-refractivity contribution in [2.24, 2.45) is 5.92 Å². The molecule has 1 aliphatic rings. The standard InChI is InChI=1S/C17H17ClFIN2/c1-4-12(18)8-11(2)17-20(3)14-7-5-6-13(19)16(14)15-9-21-10-22(15)17/h4-7,9-11H,3,8H2,1-2H3/b12-4+. The Kier molecular flexibility index (Phi) is 4.41. The SMILES string of the molecule is C=I1=C(C(C)C/C(Cl)=C\C)n2cncc2-c2c(F)cccc21. The van der Waals surface area contributed by atoms with E-state index in [9.17, 15) is 4.39 Å². The molecule has 0 amide bonds. The first-order valence-electron chi connectivity index (χ1n) is 7.02. The molecule has 2 nitrogen and oxygen atoms in total. The third kappa shape index (κ3) is 2.52. The number of allylic oxidation sites excluding steroid dienone is 2. The molecular weight excluding hydrogens is 414 g/mol. The van der Waals surface area contributed by atoms with Crippen LogP contribution in [0.2, 0.25) is 0 Å². The highest BCUT2D eigenvalue weighted by Gasteiger charge is 2.25. The number of aromatic nitrogens is 2. The second-order valence-electron chi connectivity index (χ2n) is 5.27. The van der Waals surface area contributed by atoms with Gasteiger partial charge in [0.15, 0.2) is 0 Å². The van der Waals surface area contributed by atoms with Gasteiger partial charge in [0.25, 0.3) is 0 Å². The molecule has 22 heavy (non-hydrogen) atoms. The van der Waals surface area contributed by atoms with Gasteiger partial charge in [-0.3, -0.25) is 4.57 Å². The average molecular weight is 431 g/mol. The molecule has 2 heterocycles. The molecule has 0 saturated heterocycles. The summed E-state index contributed by atoms with van der Waals surface area (Å²) in [5, 5.41) is 0.843. The first-order chi connectivity index (χ1) is 10.5. The van der Waals surface area contributed by atoms with Crippen molar-refractivity contribution in [3.8, 4) is 11.3 Å². The second kappa shape index (κ2) is 6.16. The van der Waals surface area contributed by atoms with Crippen molar-refractivity contribution in [2.45, 2.75) is 20.3 Å². The molecular formula is C17H17ClFIN2. The Hall–Kier alpha value is -1.14. The molecule has 1 aromatic carbocycles. The second-order valence-corrected chi connectivity index (χ2v) is 10.1. The number of hydrogen-bond donors (Lipinski definition) is 0. The largest absolute Gasteiger partial charge is 0.297 e. The molecule has 0 fully saturated rings. The number of halogens is 3. The Morgan fingerprint density at radius 2 is 2.32 bits per heavy atom. The van der Waals surface area contributed by atoms with Crippen molar-refractivity contribution in [3.63, 3.8) is 0 Å². The van der Waals surface area contributed by atoms with E-state index in [-0.39, 0.29) is 11.7 Å². The lowest BCUT2D eigenvalue weighted by molar-refractivity contribution is 0.629. The Labute approximate surface area is 141 Å². The monoisotopic (exact) mass is 430 g/mol. The average Bonchev–Trinajstić information content (AvgIpc) is 2.96. The number of benzene rings is 1. The first-order valence-corrected chi connectivity index (χ1v) is 11.1. The number of imidazole rings is 1. The predicted molar refractivity (Wildman–Crippen MR) is 101 cm³/mol. The lowest BCUT2D eigenvalue weighted by Gasteiger charge is -2.25. The van der Waals surface area contributed by atoms with Crippen molar-refractivity contribution in [1.82, 2.24) is 9.55 Å². The van der Waals surface area contributed by atoms with Gasteiger partial charge in [-0.05, 0) is 25.5 Å². The van der Waals surface area contributed by atoms with Gasteiger partial charge in [-0.25, -0.2) is 9.37 Å². The Morgan fingerprint density at radius 3 is 3.05 bits per heavy atom. The maximum atomic E-state index is 14.3. The highest BCUT2D eigenvalue weighted by molar-refractivity contribution is 14.2. The van der Waals surface area contributed by atoms with E-state index >= 15 is 0 Å². The van der Waals surface area contributed by atoms with E-state index in [1.807, 2.05) is 23.6 Å². The summed E-state index contributed by atoms with van der Waals surface area (Å²) in [5.74, 6) is 0.0687. The molecule has 0 saturated carbocycles. The summed E-state index contributed by atoms with van der Waals surface area (Å²) in [6.07, 6.45) is 6.20. The van der Waals surface area contributed by atoms with Crippen LogP contribution in [-0.2, 0) is 0 Å². The third-order valence-corrected chi connectivity index (χ3v) is 9.38. The maximum absolute atomic E-state index is 14.3. The van der Waals surface area contributed by atoms with Crippen LogP contribution in [0.5, 0.6) is 0 Å². The summed E-state index contributed by atoms with van der Waals surface area (Å²) in [6.45, 7) is 4.10. The maximum Gasteiger partial charge on any atom is 0.133 e. The van der Waals surface area contributed by atoms with E-state index in [0.717, 1.165) is 20.7 Å². The van der Waals surface area contributed by atoms with Crippen LogP contribution in [0, 0.1) is 15.3 Å². The molecule has 1 atom stereocenters. The first kappa shape index (κ1) is 15.7. The van der Waals surface area contributed by atoms with Crippen LogP contribution in [0.1, 0.15) is 20.3 Å². The van der Waals surface area contributed by atoms with Crippen molar-refractivity contribution >= 4 is 38.6 Å². The Morgan fingerprint density at radius 1 is 1.55 bits per heavy atom. The van der Waals surface area contributed by atoms with E-state index in [1.165, 1.54) is 9.70 Å². The lowest BCUT2D eigenvalue weighted by Crippen LogP contribution is -2.22. The molecule has 3 rings (SSSR count). The molecule has 0 aliphatic carbocycles. The fourth-order valence-electron chi connectivity index (χ4n) is 2.75. The summed E-state index contributed by atoms with van der Waals surface area (Å²) in [6, 6.07) is 5.29. The van der Waals surface area contributed by atoms with E-state index in [2.05, 4.69) is 16.4 Å². The van der Waals surface area contributed by atoms with Gasteiger partial charge in [0.2, 0.25) is 0 Å².